The van der Waals surface area contributed by atoms with E-state index >= 15 is 0 Å². The van der Waals surface area contributed by atoms with Crippen LogP contribution in [0.25, 0.3) is 11.3 Å². The van der Waals surface area contributed by atoms with Crippen molar-refractivity contribution in [2.75, 3.05) is 28.2 Å². The Morgan fingerprint density at radius 1 is 1.07 bits per heavy atom. The molecule has 2 bridgehead atoms. The highest BCUT2D eigenvalue weighted by atomic mass is 19.4. The largest absolute Gasteiger partial charge is 0.442 e. The highest BCUT2D eigenvalue weighted by Crippen LogP contribution is 2.53. The number of rotatable bonds is 5. The van der Waals surface area contributed by atoms with E-state index in [9.17, 15) is 31.1 Å². The van der Waals surface area contributed by atoms with Crippen LogP contribution in [0.1, 0.15) is 36.5 Å². The fraction of sp³-hybridized carbons (Fsp3) is 0.333. The fourth-order valence-electron chi connectivity index (χ4n) is 5.74. The number of amides is 2. The summed E-state index contributed by atoms with van der Waals surface area (Å²) in [5.41, 5.74) is -2.90. The number of fused-ring (bicyclic) bond motifs is 4. The first kappa shape index (κ1) is 28.5. The van der Waals surface area contributed by atoms with Gasteiger partial charge in [-0.05, 0) is 67.8 Å². The summed E-state index contributed by atoms with van der Waals surface area (Å²) in [5, 5.41) is 9.12. The summed E-state index contributed by atoms with van der Waals surface area (Å²) in [5.74, 6) is 2.67. The highest BCUT2D eigenvalue weighted by Gasteiger charge is 2.65. The molecule has 0 spiro atoms. The number of aryl methyl sites for hydroxylation is 1. The summed E-state index contributed by atoms with van der Waals surface area (Å²) >= 11 is 0. The number of carbonyl (C=O) groups excluding carboxylic acids is 1. The number of anilines is 3. The molecule has 43 heavy (non-hydrogen) atoms. The van der Waals surface area contributed by atoms with Crippen LogP contribution in [0, 0.1) is 12.3 Å². The van der Waals surface area contributed by atoms with E-state index in [1.54, 1.807) is 18.2 Å². The Morgan fingerprint density at radius 2 is 1.84 bits per heavy atom. The van der Waals surface area contributed by atoms with Crippen molar-refractivity contribution in [3.8, 4) is 23.6 Å². The van der Waals surface area contributed by atoms with Crippen molar-refractivity contribution < 1.29 is 31.1 Å². The molecule has 1 saturated heterocycles. The molecule has 6 rings (SSSR count). The van der Waals surface area contributed by atoms with Crippen LogP contribution in [0.4, 0.5) is 48.3 Å². The smallest absolute Gasteiger partial charge is 0.366 e. The van der Waals surface area contributed by atoms with Gasteiger partial charge in [-0.25, -0.2) is 9.78 Å². The number of hydrogen-bond acceptors (Lipinski definition) is 5. The summed E-state index contributed by atoms with van der Waals surface area (Å²) in [4.78, 5) is 22.0. The van der Waals surface area contributed by atoms with Crippen molar-refractivity contribution >= 4 is 23.2 Å². The monoisotopic (exact) mass is 598 g/mol. The van der Waals surface area contributed by atoms with Crippen LogP contribution >= 0.6 is 0 Å². The Bertz CT molecular complexity index is 1690. The van der Waals surface area contributed by atoms with Gasteiger partial charge in [-0.3, -0.25) is 4.90 Å². The average Bonchev–Trinajstić information content (AvgIpc) is 3.70. The first-order valence-corrected chi connectivity index (χ1v) is 13.4. The number of aromatic nitrogens is 1. The van der Waals surface area contributed by atoms with Gasteiger partial charge in [-0.1, -0.05) is 12.1 Å². The molecule has 222 valence electrons. The van der Waals surface area contributed by atoms with Gasteiger partial charge in [0.2, 0.25) is 0 Å². The molecule has 1 aromatic heterocycles. The molecule has 2 aromatic carbocycles. The molecule has 4 heterocycles. The number of halogens is 6. The number of alkyl halides is 6. The van der Waals surface area contributed by atoms with Gasteiger partial charge < -0.3 is 10.2 Å². The lowest BCUT2D eigenvalue weighted by Gasteiger charge is -2.42. The number of urea groups is 1. The van der Waals surface area contributed by atoms with E-state index in [1.807, 2.05) is 11.8 Å². The van der Waals surface area contributed by atoms with Gasteiger partial charge in [-0.15, -0.1) is 22.6 Å². The highest BCUT2D eigenvalue weighted by molar-refractivity contribution is 6.05. The molecule has 7 nitrogen and oxygen atoms in total. The van der Waals surface area contributed by atoms with Crippen LogP contribution in [0.2, 0.25) is 0 Å². The van der Waals surface area contributed by atoms with Crippen LogP contribution in [0.3, 0.4) is 0 Å². The summed E-state index contributed by atoms with van der Waals surface area (Å²) in [6, 6.07) is 11.6. The number of benzene rings is 2. The number of terminal acetylenes is 1. The van der Waals surface area contributed by atoms with Gasteiger partial charge in [0.05, 0.1) is 22.5 Å². The van der Waals surface area contributed by atoms with Crippen molar-refractivity contribution in [2.24, 2.45) is 10.2 Å². The molecule has 0 saturated carbocycles. The summed E-state index contributed by atoms with van der Waals surface area (Å²) in [6.07, 6.45) is -2.93. The Balaban J connectivity index is 1.37. The van der Waals surface area contributed by atoms with Crippen molar-refractivity contribution in [1.29, 1.82) is 0 Å². The molecule has 0 radical (unpaired) electrons. The minimum absolute atomic E-state index is 0.0983. The van der Waals surface area contributed by atoms with E-state index < -0.39 is 35.1 Å². The minimum atomic E-state index is -4.73. The Labute approximate surface area is 242 Å². The molecule has 3 aliphatic rings. The van der Waals surface area contributed by atoms with Crippen molar-refractivity contribution in [1.82, 2.24) is 4.98 Å². The molecule has 1 N–H and O–H groups in total. The SMILES string of the molecule is C#CCCc1cc(-c2ccc3c(n2)N(C(=O)Nc2cccc(C4(C(F)(F)F)N=N4)c2)C2(C)CCN3C2)cc(C(F)(F)F)c1. The molecular weight excluding hydrogens is 574 g/mol. The second kappa shape index (κ2) is 9.72. The molecular formula is C30H24F6N6O. The van der Waals surface area contributed by atoms with E-state index in [4.69, 9.17) is 11.4 Å². The Kier molecular flexibility index (Phi) is 6.45. The maximum atomic E-state index is 13.8. The summed E-state index contributed by atoms with van der Waals surface area (Å²) in [6.45, 7) is 2.95. The standard InChI is InChI=1S/C30H24F6N6O/c1-3-4-6-18-13-19(15-21(14-18)29(31,32)33)23-9-10-24-25(38-23)42(27(2)11-12-41(24)17-27)26(43)37-22-8-5-7-20(16-22)28(39-40-28)30(34,35)36/h1,5,7-10,13-16H,4,6,11-12,17H2,2H3,(H,37,43). The third-order valence-corrected chi connectivity index (χ3v) is 7.99. The molecule has 1 atom stereocenters. The van der Waals surface area contributed by atoms with Crippen LogP contribution in [0.15, 0.2) is 64.8 Å². The van der Waals surface area contributed by atoms with Gasteiger partial charge in [0, 0.05) is 36.3 Å². The molecule has 2 amide bonds. The predicted octanol–water partition coefficient (Wildman–Crippen LogP) is 7.54. The van der Waals surface area contributed by atoms with E-state index in [0.717, 1.165) is 12.1 Å². The lowest BCUT2D eigenvalue weighted by Crippen LogP contribution is -2.56. The van der Waals surface area contributed by atoms with Gasteiger partial charge in [-0.2, -0.15) is 26.3 Å². The van der Waals surface area contributed by atoms with Crippen LogP contribution in [0.5, 0.6) is 0 Å². The maximum absolute atomic E-state index is 13.8. The fourth-order valence-corrected chi connectivity index (χ4v) is 5.74. The number of carbonyl (C=O) groups is 1. The van der Waals surface area contributed by atoms with Crippen LogP contribution < -0.4 is 15.1 Å². The summed E-state index contributed by atoms with van der Waals surface area (Å²) < 4.78 is 82.0. The van der Waals surface area contributed by atoms with E-state index in [-0.39, 0.29) is 41.2 Å². The second-order valence-corrected chi connectivity index (χ2v) is 11.0. The topological polar surface area (TPSA) is 73.2 Å². The lowest BCUT2D eigenvalue weighted by molar-refractivity contribution is -0.166. The number of nitrogens with one attached hydrogen (secondary N) is 1. The van der Waals surface area contributed by atoms with Crippen LogP contribution in [-0.4, -0.2) is 35.8 Å². The first-order valence-electron chi connectivity index (χ1n) is 13.4. The molecule has 13 heteroatoms. The normalized spacial score (nSPS) is 20.0. The Hall–Kier alpha value is -4.60. The maximum Gasteiger partial charge on any atom is 0.442 e. The predicted molar refractivity (Wildman–Crippen MR) is 148 cm³/mol. The van der Waals surface area contributed by atoms with Crippen molar-refractivity contribution in [2.45, 2.75) is 49.7 Å². The quantitative estimate of drug-likeness (QED) is 0.244. The van der Waals surface area contributed by atoms with E-state index in [0.29, 0.717) is 30.8 Å². The number of hydrogen-bond donors (Lipinski definition) is 1. The molecule has 1 fully saturated rings. The average molecular weight is 599 g/mol. The van der Waals surface area contributed by atoms with Gasteiger partial charge >= 0.3 is 24.0 Å². The second-order valence-electron chi connectivity index (χ2n) is 11.0. The minimum Gasteiger partial charge on any atom is -0.366 e. The molecule has 0 aliphatic carbocycles. The molecule has 1 unspecified atom stereocenters. The zero-order chi connectivity index (χ0) is 30.8. The number of pyridine rings is 1. The van der Waals surface area contributed by atoms with Crippen LogP contribution in [-0.2, 0) is 18.3 Å². The Morgan fingerprint density at radius 3 is 2.51 bits per heavy atom. The molecule has 3 aromatic rings. The van der Waals surface area contributed by atoms with E-state index in [2.05, 4.69) is 21.5 Å². The van der Waals surface area contributed by atoms with Gasteiger partial charge in [0.15, 0.2) is 5.82 Å². The summed E-state index contributed by atoms with van der Waals surface area (Å²) in [7, 11) is 0. The van der Waals surface area contributed by atoms with Gasteiger partial charge in [0.25, 0.3) is 0 Å². The molecule has 3 aliphatic heterocycles. The van der Waals surface area contributed by atoms with E-state index in [1.165, 1.54) is 29.2 Å². The third kappa shape index (κ3) is 4.94. The third-order valence-electron chi connectivity index (χ3n) is 7.99. The lowest BCUT2D eigenvalue weighted by atomic mass is 9.96. The first-order chi connectivity index (χ1) is 20.2. The van der Waals surface area contributed by atoms with Crippen molar-refractivity contribution in [3.63, 3.8) is 0 Å². The number of nitrogens with zero attached hydrogens (tertiary/aromatic N) is 5. The zero-order valence-electron chi connectivity index (χ0n) is 22.7. The van der Waals surface area contributed by atoms with Gasteiger partial charge in [0.1, 0.15) is 0 Å². The zero-order valence-corrected chi connectivity index (χ0v) is 22.7. The van der Waals surface area contributed by atoms with Crippen molar-refractivity contribution in [3.05, 3.63) is 71.3 Å².